The van der Waals surface area contributed by atoms with Crippen molar-refractivity contribution in [3.63, 3.8) is 0 Å². The zero-order valence-electron chi connectivity index (χ0n) is 14.8. The Morgan fingerprint density at radius 2 is 1.79 bits per heavy atom. The quantitative estimate of drug-likeness (QED) is 0.430. The van der Waals surface area contributed by atoms with E-state index >= 15 is 0 Å². The van der Waals surface area contributed by atoms with Crippen LogP contribution in [-0.2, 0) is 22.7 Å². The Morgan fingerprint density at radius 3 is 2.50 bits per heavy atom. The van der Waals surface area contributed by atoms with E-state index in [9.17, 15) is 9.59 Å². The Morgan fingerprint density at radius 1 is 1.04 bits per heavy atom. The molecule has 0 fully saturated rings. The van der Waals surface area contributed by atoms with Crippen LogP contribution in [0.1, 0.15) is 16.9 Å². The zero-order chi connectivity index (χ0) is 19.8. The fraction of sp³-hybridized carbons (Fsp3) is 0.0909. The first-order valence-electron chi connectivity index (χ1n) is 8.49. The number of ether oxygens (including phenoxy) is 2. The van der Waals surface area contributed by atoms with Crippen LogP contribution in [0.25, 0.3) is 6.08 Å². The molecule has 0 saturated carbocycles. The van der Waals surface area contributed by atoms with Crippen LogP contribution in [0.5, 0.6) is 5.75 Å². The number of hydrogen-bond donors (Lipinski definition) is 0. The Hall–Kier alpha value is -3.31. The third-order valence-electron chi connectivity index (χ3n) is 3.73. The highest BCUT2D eigenvalue weighted by molar-refractivity contribution is 6.30. The molecular weight excluding hydrogens is 380 g/mol. The molecule has 0 aliphatic heterocycles. The first kappa shape index (κ1) is 19.5. The SMILES string of the molecule is O=C(/C=C/c1ccc(Cl)cc1)OCc1cc(=O)c(OCc2ccccc2)co1. The number of rotatable bonds is 7. The van der Waals surface area contributed by atoms with Crippen molar-refractivity contribution in [3.8, 4) is 5.75 Å². The molecule has 0 bridgehead atoms. The van der Waals surface area contributed by atoms with Crippen LogP contribution in [0, 0.1) is 0 Å². The van der Waals surface area contributed by atoms with Gasteiger partial charge in [0.15, 0.2) is 0 Å². The Bertz CT molecular complexity index is 1010. The second-order valence-electron chi connectivity index (χ2n) is 5.84. The molecule has 1 aromatic heterocycles. The molecule has 28 heavy (non-hydrogen) atoms. The topological polar surface area (TPSA) is 65.7 Å². The zero-order valence-corrected chi connectivity index (χ0v) is 15.6. The molecule has 1 heterocycles. The number of esters is 1. The molecule has 0 spiro atoms. The van der Waals surface area contributed by atoms with Gasteiger partial charge in [0.05, 0.1) is 0 Å². The number of carbonyl (C=O) groups is 1. The van der Waals surface area contributed by atoms with Gasteiger partial charge in [0, 0.05) is 17.2 Å². The van der Waals surface area contributed by atoms with E-state index in [1.807, 2.05) is 30.3 Å². The van der Waals surface area contributed by atoms with E-state index in [0.717, 1.165) is 11.1 Å². The van der Waals surface area contributed by atoms with Crippen LogP contribution in [0.3, 0.4) is 0 Å². The predicted octanol–water partition coefficient (Wildman–Crippen LogP) is 4.63. The molecule has 0 radical (unpaired) electrons. The summed E-state index contributed by atoms with van der Waals surface area (Å²) < 4.78 is 15.9. The molecule has 0 N–H and O–H groups in total. The van der Waals surface area contributed by atoms with Gasteiger partial charge in [-0.2, -0.15) is 0 Å². The van der Waals surface area contributed by atoms with Crippen molar-refractivity contribution in [2.45, 2.75) is 13.2 Å². The van der Waals surface area contributed by atoms with Crippen LogP contribution < -0.4 is 10.2 Å². The molecular formula is C22H17ClO5. The molecule has 0 amide bonds. The average Bonchev–Trinajstić information content (AvgIpc) is 2.72. The second kappa shape index (κ2) is 9.58. The molecule has 0 atom stereocenters. The van der Waals surface area contributed by atoms with Gasteiger partial charge in [0.25, 0.3) is 0 Å². The lowest BCUT2D eigenvalue weighted by Crippen LogP contribution is -2.09. The molecule has 0 saturated heterocycles. The number of halogens is 1. The first-order valence-corrected chi connectivity index (χ1v) is 8.87. The van der Waals surface area contributed by atoms with E-state index < -0.39 is 5.97 Å². The van der Waals surface area contributed by atoms with E-state index in [1.54, 1.807) is 30.3 Å². The minimum atomic E-state index is -0.554. The van der Waals surface area contributed by atoms with Gasteiger partial charge in [-0.3, -0.25) is 4.79 Å². The van der Waals surface area contributed by atoms with E-state index in [4.69, 9.17) is 25.5 Å². The number of carbonyl (C=O) groups excluding carboxylic acids is 1. The first-order chi connectivity index (χ1) is 13.6. The van der Waals surface area contributed by atoms with Crippen molar-refractivity contribution >= 4 is 23.6 Å². The molecule has 0 unspecified atom stereocenters. The van der Waals surface area contributed by atoms with Crippen molar-refractivity contribution < 1.29 is 18.7 Å². The third-order valence-corrected chi connectivity index (χ3v) is 3.98. The third kappa shape index (κ3) is 5.86. The summed E-state index contributed by atoms with van der Waals surface area (Å²) in [5.74, 6) is -0.228. The summed E-state index contributed by atoms with van der Waals surface area (Å²) in [6.07, 6.45) is 4.12. The van der Waals surface area contributed by atoms with Gasteiger partial charge in [-0.05, 0) is 29.3 Å². The average molecular weight is 397 g/mol. The summed E-state index contributed by atoms with van der Waals surface area (Å²) in [5.41, 5.74) is 1.41. The van der Waals surface area contributed by atoms with Gasteiger partial charge in [0.2, 0.25) is 11.2 Å². The molecule has 3 aromatic rings. The maximum absolute atomic E-state index is 12.1. The highest BCUT2D eigenvalue weighted by Crippen LogP contribution is 2.12. The fourth-order valence-electron chi connectivity index (χ4n) is 2.28. The molecule has 3 rings (SSSR count). The van der Waals surface area contributed by atoms with E-state index in [1.165, 1.54) is 18.4 Å². The van der Waals surface area contributed by atoms with Gasteiger partial charge >= 0.3 is 5.97 Å². The lowest BCUT2D eigenvalue weighted by atomic mass is 10.2. The van der Waals surface area contributed by atoms with Gasteiger partial charge in [-0.25, -0.2) is 4.79 Å². The Kier molecular flexibility index (Phi) is 6.65. The Balaban J connectivity index is 1.51. The van der Waals surface area contributed by atoms with Crippen LogP contribution in [0.4, 0.5) is 0 Å². The van der Waals surface area contributed by atoms with Crippen LogP contribution in [0.2, 0.25) is 5.02 Å². The molecule has 0 aliphatic rings. The van der Waals surface area contributed by atoms with Crippen molar-refractivity contribution in [3.05, 3.63) is 105 Å². The lowest BCUT2D eigenvalue weighted by Gasteiger charge is -2.06. The van der Waals surface area contributed by atoms with Crippen LogP contribution in [-0.4, -0.2) is 5.97 Å². The maximum atomic E-state index is 12.1. The fourth-order valence-corrected chi connectivity index (χ4v) is 2.41. The van der Waals surface area contributed by atoms with E-state index in [-0.39, 0.29) is 30.2 Å². The monoisotopic (exact) mass is 396 g/mol. The van der Waals surface area contributed by atoms with Crippen LogP contribution in [0.15, 0.2) is 82.2 Å². The number of hydrogen-bond acceptors (Lipinski definition) is 5. The highest BCUT2D eigenvalue weighted by atomic mass is 35.5. The normalized spacial score (nSPS) is 10.8. The standard InChI is InChI=1S/C22H17ClO5/c23-18-9-6-16(7-10-18)8-11-22(25)28-14-19-12-20(24)21(15-26-19)27-13-17-4-2-1-3-5-17/h1-12,15H,13-14H2/b11-8+. The van der Waals surface area contributed by atoms with Gasteiger partial charge in [-0.1, -0.05) is 54.1 Å². The van der Waals surface area contributed by atoms with Gasteiger partial charge < -0.3 is 13.9 Å². The highest BCUT2D eigenvalue weighted by Gasteiger charge is 2.07. The predicted molar refractivity (Wildman–Crippen MR) is 106 cm³/mol. The Labute approximate surface area is 166 Å². The molecule has 5 nitrogen and oxygen atoms in total. The van der Waals surface area contributed by atoms with Crippen molar-refractivity contribution in [1.82, 2.24) is 0 Å². The summed E-state index contributed by atoms with van der Waals surface area (Å²) in [6, 6.07) is 17.7. The van der Waals surface area contributed by atoms with Crippen molar-refractivity contribution in [2.75, 3.05) is 0 Å². The van der Waals surface area contributed by atoms with E-state index in [0.29, 0.717) is 5.02 Å². The van der Waals surface area contributed by atoms with Gasteiger partial charge in [-0.15, -0.1) is 0 Å². The largest absolute Gasteiger partial charge is 0.482 e. The smallest absolute Gasteiger partial charge is 0.331 e. The minimum Gasteiger partial charge on any atom is -0.482 e. The molecule has 2 aromatic carbocycles. The summed E-state index contributed by atoms with van der Waals surface area (Å²) in [5, 5.41) is 0.617. The van der Waals surface area contributed by atoms with E-state index in [2.05, 4.69) is 0 Å². The molecule has 6 heteroatoms. The lowest BCUT2D eigenvalue weighted by molar-refractivity contribution is -0.139. The second-order valence-corrected chi connectivity index (χ2v) is 6.28. The summed E-state index contributed by atoms with van der Waals surface area (Å²) in [4.78, 5) is 23.9. The van der Waals surface area contributed by atoms with Crippen molar-refractivity contribution in [1.29, 1.82) is 0 Å². The molecule has 0 aliphatic carbocycles. The summed E-state index contributed by atoms with van der Waals surface area (Å²) >= 11 is 5.81. The van der Waals surface area contributed by atoms with Gasteiger partial charge in [0.1, 0.15) is 25.2 Å². The van der Waals surface area contributed by atoms with Crippen LogP contribution >= 0.6 is 11.6 Å². The maximum Gasteiger partial charge on any atom is 0.331 e. The van der Waals surface area contributed by atoms with Crippen molar-refractivity contribution in [2.24, 2.45) is 0 Å². The molecule has 142 valence electrons. The number of benzene rings is 2. The minimum absolute atomic E-state index is 0.0987. The summed E-state index contributed by atoms with van der Waals surface area (Å²) in [7, 11) is 0. The summed E-state index contributed by atoms with van der Waals surface area (Å²) in [6.45, 7) is 0.105.